The normalized spacial score (nSPS) is 24.9. The van der Waals surface area contributed by atoms with Crippen molar-refractivity contribution in [2.75, 3.05) is 7.05 Å². The molecule has 8 heteroatoms. The minimum Gasteiger partial charge on any atom is -0.353 e. The number of benzene rings is 1. The van der Waals surface area contributed by atoms with Crippen molar-refractivity contribution in [3.8, 4) is 0 Å². The summed E-state index contributed by atoms with van der Waals surface area (Å²) in [7, 11) is 1.82. The Morgan fingerprint density at radius 1 is 1.36 bits per heavy atom. The molecule has 0 radical (unpaired) electrons. The van der Waals surface area contributed by atoms with Crippen molar-refractivity contribution in [3.63, 3.8) is 0 Å². The zero-order valence-corrected chi connectivity index (χ0v) is 17.1. The van der Waals surface area contributed by atoms with Gasteiger partial charge in [0, 0.05) is 36.5 Å². The molecule has 0 bridgehead atoms. The summed E-state index contributed by atoms with van der Waals surface area (Å²) in [6.45, 7) is 0.832. The second kappa shape index (κ2) is 7.90. The molecular formula is C17H22ClIN6. The number of fused-ring (bicyclic) bond motifs is 1. The van der Waals surface area contributed by atoms with Crippen LogP contribution in [0.1, 0.15) is 30.1 Å². The van der Waals surface area contributed by atoms with E-state index in [2.05, 4.69) is 37.8 Å². The first-order valence-corrected chi connectivity index (χ1v) is 8.72. The molecule has 0 spiro atoms. The van der Waals surface area contributed by atoms with Gasteiger partial charge in [-0.3, -0.25) is 4.99 Å². The maximum absolute atomic E-state index is 6.09. The van der Waals surface area contributed by atoms with Gasteiger partial charge in [0.25, 0.3) is 0 Å². The molecule has 2 heterocycles. The van der Waals surface area contributed by atoms with E-state index in [4.69, 9.17) is 11.6 Å². The van der Waals surface area contributed by atoms with E-state index in [0.717, 1.165) is 42.6 Å². The molecule has 2 aromatic rings. The third kappa shape index (κ3) is 4.25. The summed E-state index contributed by atoms with van der Waals surface area (Å²) in [5.74, 6) is 2.44. The number of aryl methyl sites for hydroxylation is 1. The molecule has 1 aromatic heterocycles. The van der Waals surface area contributed by atoms with E-state index in [-0.39, 0.29) is 24.0 Å². The van der Waals surface area contributed by atoms with Crippen molar-refractivity contribution in [3.05, 3.63) is 47.0 Å². The largest absolute Gasteiger partial charge is 0.353 e. The summed E-state index contributed by atoms with van der Waals surface area (Å²) in [5, 5.41) is 12.1. The molecular weight excluding hydrogens is 451 g/mol. The van der Waals surface area contributed by atoms with E-state index in [1.807, 2.05) is 23.9 Å². The lowest BCUT2D eigenvalue weighted by atomic mass is 10.1. The zero-order valence-electron chi connectivity index (χ0n) is 14.0. The van der Waals surface area contributed by atoms with Crippen molar-refractivity contribution in [1.29, 1.82) is 0 Å². The number of halogens is 2. The van der Waals surface area contributed by atoms with Crippen molar-refractivity contribution in [1.82, 2.24) is 25.4 Å². The first-order chi connectivity index (χ1) is 11.7. The Hall–Kier alpha value is -1.35. The van der Waals surface area contributed by atoms with Crippen LogP contribution in [0, 0.1) is 0 Å². The highest BCUT2D eigenvalue weighted by Gasteiger charge is 2.39. The zero-order chi connectivity index (χ0) is 16.5. The van der Waals surface area contributed by atoms with Crippen LogP contribution in [0.15, 0.2) is 35.6 Å². The molecule has 3 unspecified atom stereocenters. The lowest BCUT2D eigenvalue weighted by molar-refractivity contribution is 0.392. The van der Waals surface area contributed by atoms with Crippen molar-refractivity contribution < 1.29 is 0 Å². The first kappa shape index (κ1) is 18.4. The fourth-order valence-electron chi connectivity index (χ4n) is 3.36. The minimum absolute atomic E-state index is 0. The van der Waals surface area contributed by atoms with Gasteiger partial charge in [-0.15, -0.1) is 24.0 Å². The van der Waals surface area contributed by atoms with Crippen LogP contribution in [0.5, 0.6) is 0 Å². The van der Waals surface area contributed by atoms with Crippen LogP contribution in [0.4, 0.5) is 0 Å². The lowest BCUT2D eigenvalue weighted by Crippen LogP contribution is -2.47. The highest BCUT2D eigenvalue weighted by Crippen LogP contribution is 2.41. The Bertz CT molecular complexity index is 761. The van der Waals surface area contributed by atoms with E-state index >= 15 is 0 Å². The fourth-order valence-corrected chi connectivity index (χ4v) is 3.55. The summed E-state index contributed by atoms with van der Waals surface area (Å²) in [6, 6.07) is 8.86. The summed E-state index contributed by atoms with van der Waals surface area (Å²) >= 11 is 6.09. The average molecular weight is 473 g/mol. The van der Waals surface area contributed by atoms with Gasteiger partial charge in [0.2, 0.25) is 0 Å². The molecule has 2 aliphatic rings. The van der Waals surface area contributed by atoms with Gasteiger partial charge in [0.1, 0.15) is 12.2 Å². The monoisotopic (exact) mass is 472 g/mol. The predicted octanol–water partition coefficient (Wildman–Crippen LogP) is 2.59. The summed E-state index contributed by atoms with van der Waals surface area (Å²) in [6.07, 6.45) is 4.73. The fraction of sp³-hybridized carbons (Fsp3) is 0.471. The molecule has 2 N–H and O–H groups in total. The number of aliphatic imine (C=N–C) groups is 1. The number of aromatic nitrogens is 3. The smallest absolute Gasteiger partial charge is 0.191 e. The molecule has 1 saturated carbocycles. The first-order valence-electron chi connectivity index (χ1n) is 8.35. The van der Waals surface area contributed by atoms with Crippen molar-refractivity contribution >= 4 is 41.5 Å². The third-order valence-corrected chi connectivity index (χ3v) is 4.99. The number of nitrogens with zero attached hydrogens (tertiary/aromatic N) is 4. The Balaban J connectivity index is 0.00000182. The molecule has 0 amide bonds. The van der Waals surface area contributed by atoms with E-state index < -0.39 is 0 Å². The van der Waals surface area contributed by atoms with Crippen LogP contribution < -0.4 is 10.6 Å². The quantitative estimate of drug-likeness (QED) is 0.409. The molecule has 1 aliphatic carbocycles. The van der Waals surface area contributed by atoms with Gasteiger partial charge in [0.05, 0.1) is 6.54 Å². The highest BCUT2D eigenvalue weighted by molar-refractivity contribution is 14.0. The van der Waals surface area contributed by atoms with Crippen LogP contribution in [-0.2, 0) is 13.0 Å². The van der Waals surface area contributed by atoms with Gasteiger partial charge in [-0.25, -0.2) is 9.67 Å². The van der Waals surface area contributed by atoms with Gasteiger partial charge in [-0.1, -0.05) is 23.7 Å². The van der Waals surface area contributed by atoms with Gasteiger partial charge in [0.15, 0.2) is 5.96 Å². The summed E-state index contributed by atoms with van der Waals surface area (Å²) in [5.41, 5.74) is 1.29. The number of hydrogen-bond donors (Lipinski definition) is 2. The summed E-state index contributed by atoms with van der Waals surface area (Å²) in [4.78, 5) is 8.64. The van der Waals surface area contributed by atoms with E-state index in [1.165, 1.54) is 5.56 Å². The Morgan fingerprint density at radius 2 is 2.24 bits per heavy atom. The minimum atomic E-state index is 0. The second-order valence-corrected chi connectivity index (χ2v) is 6.89. The molecule has 25 heavy (non-hydrogen) atoms. The van der Waals surface area contributed by atoms with Gasteiger partial charge in [-0.05, 0) is 30.5 Å². The Kier molecular flexibility index (Phi) is 5.83. The lowest BCUT2D eigenvalue weighted by Gasteiger charge is -2.25. The van der Waals surface area contributed by atoms with E-state index in [0.29, 0.717) is 18.0 Å². The van der Waals surface area contributed by atoms with Crippen LogP contribution in [0.2, 0.25) is 5.02 Å². The molecule has 4 rings (SSSR count). The maximum Gasteiger partial charge on any atom is 0.191 e. The summed E-state index contributed by atoms with van der Waals surface area (Å²) < 4.78 is 1.97. The van der Waals surface area contributed by atoms with E-state index in [1.54, 1.807) is 6.33 Å². The molecule has 1 aromatic carbocycles. The topological polar surface area (TPSA) is 67.1 Å². The maximum atomic E-state index is 6.09. The number of nitrogens with one attached hydrogen (secondary N) is 2. The van der Waals surface area contributed by atoms with Gasteiger partial charge < -0.3 is 10.6 Å². The molecule has 1 aliphatic heterocycles. The standard InChI is InChI=1S/C17H21ClN6.HI/c1-19-17(22-13-5-6-16-20-10-21-24(16)9-13)23-15-8-14(15)11-3-2-4-12(18)7-11;/h2-4,7,10,13-15H,5-6,8-9H2,1H3,(H2,19,22,23);1H. The molecule has 134 valence electrons. The number of hydrogen-bond acceptors (Lipinski definition) is 3. The van der Waals surface area contributed by atoms with Crippen LogP contribution in [0.25, 0.3) is 0 Å². The molecule has 3 atom stereocenters. The third-order valence-electron chi connectivity index (χ3n) is 4.76. The van der Waals surface area contributed by atoms with Gasteiger partial charge >= 0.3 is 0 Å². The van der Waals surface area contributed by atoms with Gasteiger partial charge in [-0.2, -0.15) is 5.10 Å². The predicted molar refractivity (Wildman–Crippen MR) is 110 cm³/mol. The highest BCUT2D eigenvalue weighted by atomic mass is 127. The Morgan fingerprint density at radius 3 is 3.04 bits per heavy atom. The second-order valence-electron chi connectivity index (χ2n) is 6.46. The molecule has 0 saturated heterocycles. The van der Waals surface area contributed by atoms with Crippen LogP contribution in [-0.4, -0.2) is 39.9 Å². The average Bonchev–Trinajstić information content (AvgIpc) is 3.20. The SMILES string of the molecule is CN=C(NC1CCc2ncnn2C1)NC1CC1c1cccc(Cl)c1.I. The number of rotatable bonds is 3. The van der Waals surface area contributed by atoms with Crippen molar-refractivity contribution in [2.24, 2.45) is 4.99 Å². The van der Waals surface area contributed by atoms with Crippen LogP contribution in [0.3, 0.4) is 0 Å². The van der Waals surface area contributed by atoms with E-state index in [9.17, 15) is 0 Å². The van der Waals surface area contributed by atoms with Crippen molar-refractivity contribution in [2.45, 2.75) is 43.8 Å². The van der Waals surface area contributed by atoms with Crippen LogP contribution >= 0.6 is 35.6 Å². The number of guanidine groups is 1. The Labute approximate surface area is 169 Å². The molecule has 1 fully saturated rings. The molecule has 6 nitrogen and oxygen atoms in total.